The molecule has 0 aliphatic carbocycles. The average molecular weight is 441 g/mol. The van der Waals surface area contributed by atoms with Gasteiger partial charge in [0.2, 0.25) is 18.4 Å². The van der Waals surface area contributed by atoms with E-state index in [1.54, 1.807) is 12.1 Å². The molecule has 2 N–H and O–H groups in total. The van der Waals surface area contributed by atoms with Crippen LogP contribution in [0.25, 0.3) is 0 Å². The van der Waals surface area contributed by atoms with E-state index >= 15 is 0 Å². The monoisotopic (exact) mass is 441 g/mol. The summed E-state index contributed by atoms with van der Waals surface area (Å²) in [6.07, 6.45) is -0.249. The van der Waals surface area contributed by atoms with Gasteiger partial charge in [-0.3, -0.25) is 4.79 Å². The lowest BCUT2D eigenvalue weighted by Gasteiger charge is -2.19. The van der Waals surface area contributed by atoms with Gasteiger partial charge < -0.3 is 29.1 Å². The number of amides is 1. The van der Waals surface area contributed by atoms with Gasteiger partial charge in [0.15, 0.2) is 11.5 Å². The molecule has 3 aromatic rings. The van der Waals surface area contributed by atoms with Gasteiger partial charge in [-0.25, -0.2) is 9.18 Å². The van der Waals surface area contributed by atoms with E-state index in [0.717, 1.165) is 0 Å². The summed E-state index contributed by atoms with van der Waals surface area (Å²) in [5.74, 6) is -0.870. The third-order valence-electron chi connectivity index (χ3n) is 5.02. The van der Waals surface area contributed by atoms with Crippen molar-refractivity contribution in [2.45, 2.75) is 19.3 Å². The van der Waals surface area contributed by atoms with Gasteiger partial charge in [-0.1, -0.05) is 6.07 Å². The molecule has 32 heavy (non-hydrogen) atoms. The lowest BCUT2D eigenvalue weighted by atomic mass is 9.88. The molecule has 4 rings (SSSR count). The minimum atomic E-state index is -0.913. The van der Waals surface area contributed by atoms with Crippen molar-refractivity contribution in [1.82, 2.24) is 0 Å². The highest BCUT2D eigenvalue weighted by Gasteiger charge is 2.29. The van der Waals surface area contributed by atoms with Gasteiger partial charge in [0, 0.05) is 24.1 Å². The molecule has 0 fully saturated rings. The van der Waals surface area contributed by atoms with Gasteiger partial charge >= 0.3 is 5.63 Å². The quantitative estimate of drug-likeness (QED) is 0.601. The largest absolute Gasteiger partial charge is 0.507 e. The summed E-state index contributed by atoms with van der Waals surface area (Å²) in [4.78, 5) is 25.5. The first-order valence-electron chi connectivity index (χ1n) is 9.72. The maximum absolute atomic E-state index is 13.5. The fourth-order valence-corrected chi connectivity index (χ4v) is 3.63. The number of hydrogen-bond acceptors (Lipinski definition) is 7. The number of carbonyl (C=O) groups excluding carboxylic acids is 1. The van der Waals surface area contributed by atoms with Gasteiger partial charge in [-0.2, -0.15) is 0 Å². The van der Waals surface area contributed by atoms with Crippen LogP contribution in [0.15, 0.2) is 51.7 Å². The minimum Gasteiger partial charge on any atom is -0.507 e. The zero-order valence-electron chi connectivity index (χ0n) is 17.3. The van der Waals surface area contributed by atoms with Gasteiger partial charge in [0.1, 0.15) is 17.3 Å². The van der Waals surface area contributed by atoms with Crippen LogP contribution in [-0.2, 0) is 4.79 Å². The number of nitrogens with one attached hydrogen (secondary N) is 1. The topological polar surface area (TPSA) is 107 Å². The molecule has 0 unspecified atom stereocenters. The van der Waals surface area contributed by atoms with Crippen LogP contribution in [0.4, 0.5) is 10.1 Å². The number of carbonyl (C=O) groups is 1. The molecule has 0 spiro atoms. The van der Waals surface area contributed by atoms with Crippen LogP contribution in [0, 0.1) is 12.7 Å². The Morgan fingerprint density at radius 1 is 1.25 bits per heavy atom. The molecule has 1 aliphatic rings. The molecule has 0 radical (unpaired) electrons. The van der Waals surface area contributed by atoms with E-state index in [9.17, 15) is 19.1 Å². The number of rotatable bonds is 6. The highest BCUT2D eigenvalue weighted by Crippen LogP contribution is 2.45. The zero-order chi connectivity index (χ0) is 22.8. The normalized spacial score (nSPS) is 13.0. The predicted octanol–water partition coefficient (Wildman–Crippen LogP) is 3.69. The van der Waals surface area contributed by atoms with E-state index in [-0.39, 0.29) is 36.0 Å². The SMILES string of the molecule is COc1cc([C@H](CC(=O)Nc2cccc(F)c2)c2c(O)cc(C)oc2=O)cc2c1OCO2. The maximum atomic E-state index is 13.5. The fourth-order valence-electron chi connectivity index (χ4n) is 3.63. The summed E-state index contributed by atoms with van der Waals surface area (Å²) in [7, 11) is 1.45. The van der Waals surface area contributed by atoms with E-state index < -0.39 is 23.3 Å². The molecule has 8 nitrogen and oxygen atoms in total. The zero-order valence-corrected chi connectivity index (χ0v) is 17.3. The van der Waals surface area contributed by atoms with E-state index in [1.165, 1.54) is 44.4 Å². The highest BCUT2D eigenvalue weighted by atomic mass is 19.1. The van der Waals surface area contributed by atoms with Crippen LogP contribution in [0.3, 0.4) is 0 Å². The second kappa shape index (κ2) is 8.62. The van der Waals surface area contributed by atoms with Crippen molar-refractivity contribution in [2.24, 2.45) is 0 Å². The minimum absolute atomic E-state index is 0.00219. The Balaban J connectivity index is 1.76. The number of anilines is 1. The summed E-state index contributed by atoms with van der Waals surface area (Å²) in [5, 5.41) is 13.1. The average Bonchev–Trinajstić information content (AvgIpc) is 3.20. The van der Waals surface area contributed by atoms with Gasteiger partial charge in [-0.15, -0.1) is 0 Å². The van der Waals surface area contributed by atoms with Crippen LogP contribution < -0.4 is 25.2 Å². The first-order valence-corrected chi connectivity index (χ1v) is 9.72. The molecule has 1 amide bonds. The number of ether oxygens (including phenoxy) is 3. The lowest BCUT2D eigenvalue weighted by Crippen LogP contribution is -2.21. The van der Waals surface area contributed by atoms with Crippen molar-refractivity contribution in [3.63, 3.8) is 0 Å². The fraction of sp³-hybridized carbons (Fsp3) is 0.217. The van der Waals surface area contributed by atoms with Crippen molar-refractivity contribution in [3.05, 3.63) is 75.6 Å². The molecule has 9 heteroatoms. The predicted molar refractivity (Wildman–Crippen MR) is 112 cm³/mol. The van der Waals surface area contributed by atoms with Crippen LogP contribution in [0.2, 0.25) is 0 Å². The van der Waals surface area contributed by atoms with Crippen molar-refractivity contribution >= 4 is 11.6 Å². The molecule has 0 saturated heterocycles. The summed E-state index contributed by atoms with van der Waals surface area (Å²) in [5.41, 5.74) is -0.141. The lowest BCUT2D eigenvalue weighted by molar-refractivity contribution is -0.116. The standard InChI is InChI=1S/C23H20FNO7/c1-12-6-17(26)21(23(28)32-12)16(10-20(27)25-15-5-3-4-14(24)9-15)13-7-18(29-2)22-19(8-13)30-11-31-22/h3-9,16,26H,10-11H2,1-2H3,(H,25,27)/t16-/m0/s1. The molecular weight excluding hydrogens is 421 g/mol. The van der Waals surface area contributed by atoms with Gasteiger partial charge in [0.05, 0.1) is 12.7 Å². The van der Waals surface area contributed by atoms with Crippen LogP contribution >= 0.6 is 0 Å². The highest BCUT2D eigenvalue weighted by molar-refractivity contribution is 5.91. The first kappa shape index (κ1) is 21.2. The van der Waals surface area contributed by atoms with E-state index in [4.69, 9.17) is 18.6 Å². The first-order chi connectivity index (χ1) is 15.4. The summed E-state index contributed by atoms with van der Waals surface area (Å²) in [6.45, 7) is 1.53. The molecule has 2 heterocycles. The Hall–Kier alpha value is -4.01. The van der Waals surface area contributed by atoms with Crippen LogP contribution in [0.5, 0.6) is 23.0 Å². The Bertz CT molecular complexity index is 1240. The van der Waals surface area contributed by atoms with E-state index in [1.807, 2.05) is 0 Å². The summed E-state index contributed by atoms with van der Waals surface area (Å²) < 4.78 is 34.9. The second-order valence-corrected chi connectivity index (χ2v) is 7.22. The van der Waals surface area contributed by atoms with Crippen LogP contribution in [0.1, 0.15) is 29.2 Å². The van der Waals surface area contributed by atoms with Gasteiger partial charge in [0.25, 0.3) is 0 Å². The van der Waals surface area contributed by atoms with E-state index in [2.05, 4.69) is 5.32 Å². The molecule has 1 atom stereocenters. The molecule has 1 aliphatic heterocycles. The van der Waals surface area contributed by atoms with Crippen molar-refractivity contribution in [1.29, 1.82) is 0 Å². The molecular formula is C23H20FNO7. The number of halogens is 1. The third kappa shape index (κ3) is 4.22. The summed E-state index contributed by atoms with van der Waals surface area (Å²) >= 11 is 0. The van der Waals surface area contributed by atoms with Crippen molar-refractivity contribution < 1.29 is 32.9 Å². The van der Waals surface area contributed by atoms with Crippen molar-refractivity contribution in [3.8, 4) is 23.0 Å². The van der Waals surface area contributed by atoms with E-state index in [0.29, 0.717) is 22.8 Å². The number of methoxy groups -OCH3 is 1. The molecule has 0 saturated carbocycles. The molecule has 1 aromatic heterocycles. The molecule has 166 valence electrons. The summed E-state index contributed by atoms with van der Waals surface area (Å²) in [6, 6.07) is 9.96. The Labute approximate surface area is 182 Å². The smallest absolute Gasteiger partial charge is 0.343 e. The van der Waals surface area contributed by atoms with Crippen molar-refractivity contribution in [2.75, 3.05) is 19.2 Å². The number of fused-ring (bicyclic) bond motifs is 1. The maximum Gasteiger partial charge on any atom is 0.343 e. The van der Waals surface area contributed by atoms with Gasteiger partial charge in [-0.05, 0) is 42.8 Å². The Morgan fingerprint density at radius 3 is 2.78 bits per heavy atom. The molecule has 2 aromatic carbocycles. The third-order valence-corrected chi connectivity index (χ3v) is 5.02. The number of aryl methyl sites for hydroxylation is 1. The Kier molecular flexibility index (Phi) is 5.72. The number of benzene rings is 2. The van der Waals surface area contributed by atoms with Crippen LogP contribution in [-0.4, -0.2) is 24.9 Å². The molecule has 0 bridgehead atoms. The Morgan fingerprint density at radius 2 is 2.06 bits per heavy atom. The second-order valence-electron chi connectivity index (χ2n) is 7.22. The number of aromatic hydroxyl groups is 1. The number of hydrogen-bond donors (Lipinski definition) is 2.